The Morgan fingerprint density at radius 2 is 1.59 bits per heavy atom. The number of carbonyl (C=O) groups is 1. The van der Waals surface area contributed by atoms with E-state index in [1.807, 2.05) is 24.8 Å². The summed E-state index contributed by atoms with van der Waals surface area (Å²) in [6, 6.07) is 5.29. The molecular formula is C21H32N2O3S. The highest BCUT2D eigenvalue weighted by molar-refractivity contribution is 7.89. The lowest BCUT2D eigenvalue weighted by molar-refractivity contribution is -0.139. The maximum absolute atomic E-state index is 12.9. The highest BCUT2D eigenvalue weighted by Crippen LogP contribution is 2.28. The zero-order valence-corrected chi connectivity index (χ0v) is 17.8. The minimum absolute atomic E-state index is 0.0475. The molecule has 0 aromatic heterocycles. The second-order valence-electron chi connectivity index (χ2n) is 8.61. The first kappa shape index (κ1) is 20.3. The first-order chi connectivity index (χ1) is 12.7. The summed E-state index contributed by atoms with van der Waals surface area (Å²) in [7, 11) is -3.48. The van der Waals surface area contributed by atoms with Gasteiger partial charge in [0.2, 0.25) is 15.9 Å². The Morgan fingerprint density at radius 1 is 1.00 bits per heavy atom. The predicted molar refractivity (Wildman–Crippen MR) is 107 cm³/mol. The molecule has 0 aliphatic carbocycles. The van der Waals surface area contributed by atoms with Crippen LogP contribution in [0.25, 0.3) is 0 Å². The lowest BCUT2D eigenvalue weighted by atomic mass is 9.89. The van der Waals surface area contributed by atoms with Gasteiger partial charge in [0.15, 0.2) is 0 Å². The average Bonchev–Trinajstić information content (AvgIpc) is 2.62. The number of amides is 1. The molecule has 0 N–H and O–H groups in total. The van der Waals surface area contributed by atoms with Crippen molar-refractivity contribution < 1.29 is 13.2 Å². The molecule has 3 rings (SSSR count). The monoisotopic (exact) mass is 392 g/mol. The fourth-order valence-corrected chi connectivity index (χ4v) is 6.02. The molecular weight excluding hydrogens is 360 g/mol. The van der Waals surface area contributed by atoms with Gasteiger partial charge in [0.1, 0.15) is 0 Å². The van der Waals surface area contributed by atoms with Gasteiger partial charge in [-0.3, -0.25) is 4.79 Å². The van der Waals surface area contributed by atoms with E-state index in [0.717, 1.165) is 24.2 Å². The van der Waals surface area contributed by atoms with Gasteiger partial charge in [-0.05, 0) is 68.2 Å². The summed E-state index contributed by atoms with van der Waals surface area (Å²) >= 11 is 0. The van der Waals surface area contributed by atoms with Crippen molar-refractivity contribution in [1.82, 2.24) is 9.21 Å². The number of carbonyl (C=O) groups excluding carboxylic acids is 1. The van der Waals surface area contributed by atoms with Crippen LogP contribution in [-0.2, 0) is 14.8 Å². The largest absolute Gasteiger partial charge is 0.342 e. The molecule has 1 aromatic rings. The van der Waals surface area contributed by atoms with Crippen molar-refractivity contribution in [2.24, 2.45) is 17.8 Å². The molecule has 0 bridgehead atoms. The van der Waals surface area contributed by atoms with Crippen LogP contribution in [-0.4, -0.2) is 49.7 Å². The third kappa shape index (κ3) is 4.37. The second-order valence-corrected chi connectivity index (χ2v) is 10.6. The third-order valence-electron chi connectivity index (χ3n) is 6.10. The van der Waals surface area contributed by atoms with Gasteiger partial charge in [-0.15, -0.1) is 0 Å². The van der Waals surface area contributed by atoms with Crippen molar-refractivity contribution >= 4 is 15.9 Å². The lowest BCUT2D eigenvalue weighted by Gasteiger charge is -2.39. The SMILES string of the molecule is Cc1ccc(S(=O)(=O)N2CCC(C(=O)N3CC(C)CC(C)C3)CC2)cc1C. The minimum atomic E-state index is -3.48. The highest BCUT2D eigenvalue weighted by Gasteiger charge is 2.35. The van der Waals surface area contributed by atoms with Gasteiger partial charge >= 0.3 is 0 Å². The number of hydrogen-bond donors (Lipinski definition) is 0. The molecule has 1 aromatic carbocycles. The van der Waals surface area contributed by atoms with Crippen LogP contribution >= 0.6 is 0 Å². The molecule has 2 saturated heterocycles. The van der Waals surface area contributed by atoms with Crippen LogP contribution < -0.4 is 0 Å². The predicted octanol–water partition coefficient (Wildman–Crippen LogP) is 3.21. The summed E-state index contributed by atoms with van der Waals surface area (Å²) in [6.45, 7) is 10.8. The van der Waals surface area contributed by atoms with Crippen LogP contribution in [0.1, 0.15) is 44.2 Å². The van der Waals surface area contributed by atoms with E-state index in [4.69, 9.17) is 0 Å². The van der Waals surface area contributed by atoms with Crippen molar-refractivity contribution in [2.75, 3.05) is 26.2 Å². The van der Waals surface area contributed by atoms with Gasteiger partial charge in [-0.2, -0.15) is 4.31 Å². The van der Waals surface area contributed by atoms with E-state index in [1.54, 1.807) is 16.4 Å². The first-order valence-corrected chi connectivity index (χ1v) is 11.5. The highest BCUT2D eigenvalue weighted by atomic mass is 32.2. The fourth-order valence-electron chi connectivity index (χ4n) is 4.47. The van der Waals surface area contributed by atoms with Crippen molar-refractivity contribution in [3.8, 4) is 0 Å². The number of likely N-dealkylation sites (tertiary alicyclic amines) is 1. The van der Waals surface area contributed by atoms with E-state index in [2.05, 4.69) is 13.8 Å². The van der Waals surface area contributed by atoms with E-state index in [-0.39, 0.29) is 11.8 Å². The summed E-state index contributed by atoms with van der Waals surface area (Å²) in [4.78, 5) is 15.3. The molecule has 2 heterocycles. The molecule has 0 saturated carbocycles. The molecule has 150 valence electrons. The van der Waals surface area contributed by atoms with Crippen LogP contribution in [0.3, 0.4) is 0 Å². The van der Waals surface area contributed by atoms with Gasteiger partial charge in [0.25, 0.3) is 0 Å². The maximum atomic E-state index is 12.9. The Kier molecular flexibility index (Phi) is 5.96. The molecule has 5 nitrogen and oxygen atoms in total. The Hall–Kier alpha value is -1.40. The summed E-state index contributed by atoms with van der Waals surface area (Å²) in [5.41, 5.74) is 2.07. The fraction of sp³-hybridized carbons (Fsp3) is 0.667. The van der Waals surface area contributed by atoms with Crippen LogP contribution in [0.15, 0.2) is 23.1 Å². The normalized spacial score (nSPS) is 25.6. The lowest BCUT2D eigenvalue weighted by Crippen LogP contribution is -2.48. The van der Waals surface area contributed by atoms with E-state index in [9.17, 15) is 13.2 Å². The van der Waals surface area contributed by atoms with Gasteiger partial charge in [-0.25, -0.2) is 8.42 Å². The van der Waals surface area contributed by atoms with E-state index in [1.165, 1.54) is 6.42 Å². The molecule has 2 unspecified atom stereocenters. The topological polar surface area (TPSA) is 57.7 Å². The van der Waals surface area contributed by atoms with E-state index < -0.39 is 10.0 Å². The van der Waals surface area contributed by atoms with Crippen LogP contribution in [0.4, 0.5) is 0 Å². The van der Waals surface area contributed by atoms with Crippen LogP contribution in [0, 0.1) is 31.6 Å². The summed E-state index contributed by atoms with van der Waals surface area (Å²) < 4.78 is 27.4. The van der Waals surface area contributed by atoms with Gasteiger partial charge in [0.05, 0.1) is 4.90 Å². The zero-order chi connectivity index (χ0) is 19.8. The number of rotatable bonds is 3. The Morgan fingerprint density at radius 3 is 2.15 bits per heavy atom. The molecule has 0 radical (unpaired) electrons. The molecule has 2 aliphatic heterocycles. The standard InChI is InChI=1S/C21H32N2O3S/c1-15-11-16(2)14-22(13-15)21(24)19-7-9-23(10-8-19)27(25,26)20-6-5-17(3)18(4)12-20/h5-6,12,15-16,19H,7-11,13-14H2,1-4H3. The van der Waals surface area contributed by atoms with E-state index >= 15 is 0 Å². The molecule has 1 amide bonds. The van der Waals surface area contributed by atoms with Crippen molar-refractivity contribution in [3.63, 3.8) is 0 Å². The maximum Gasteiger partial charge on any atom is 0.243 e. The number of sulfonamides is 1. The number of piperidine rings is 2. The van der Waals surface area contributed by atoms with Gasteiger partial charge in [0, 0.05) is 32.1 Å². The number of hydrogen-bond acceptors (Lipinski definition) is 3. The van der Waals surface area contributed by atoms with Crippen molar-refractivity contribution in [3.05, 3.63) is 29.3 Å². The van der Waals surface area contributed by atoms with Crippen LogP contribution in [0.5, 0.6) is 0 Å². The average molecular weight is 393 g/mol. The summed E-state index contributed by atoms with van der Waals surface area (Å²) in [5, 5.41) is 0. The summed E-state index contributed by atoms with van der Waals surface area (Å²) in [6.07, 6.45) is 2.40. The summed E-state index contributed by atoms with van der Waals surface area (Å²) in [5.74, 6) is 1.26. The van der Waals surface area contributed by atoms with E-state index in [0.29, 0.717) is 42.7 Å². The van der Waals surface area contributed by atoms with Crippen LogP contribution in [0.2, 0.25) is 0 Å². The third-order valence-corrected chi connectivity index (χ3v) is 7.99. The Bertz CT molecular complexity index is 788. The Balaban J connectivity index is 1.64. The van der Waals surface area contributed by atoms with Crippen molar-refractivity contribution in [1.29, 1.82) is 0 Å². The number of aryl methyl sites for hydroxylation is 2. The number of benzene rings is 1. The van der Waals surface area contributed by atoms with Gasteiger partial charge < -0.3 is 4.90 Å². The quantitative estimate of drug-likeness (QED) is 0.794. The first-order valence-electron chi connectivity index (χ1n) is 10.0. The Labute approximate surface area is 163 Å². The molecule has 2 aliphatic rings. The molecule has 2 fully saturated rings. The molecule has 0 spiro atoms. The molecule has 27 heavy (non-hydrogen) atoms. The molecule has 6 heteroatoms. The minimum Gasteiger partial charge on any atom is -0.342 e. The molecule has 2 atom stereocenters. The number of nitrogens with zero attached hydrogens (tertiary/aromatic N) is 2. The smallest absolute Gasteiger partial charge is 0.243 e. The van der Waals surface area contributed by atoms with Gasteiger partial charge in [-0.1, -0.05) is 19.9 Å². The zero-order valence-electron chi connectivity index (χ0n) is 16.9. The second kappa shape index (κ2) is 7.92. The van der Waals surface area contributed by atoms with Crippen molar-refractivity contribution in [2.45, 2.75) is 51.9 Å².